The first-order valence-corrected chi connectivity index (χ1v) is 11.3. The normalized spacial score (nSPS) is 27.0. The summed E-state index contributed by atoms with van der Waals surface area (Å²) in [6.45, 7) is 3.12. The first-order valence-electron chi connectivity index (χ1n) is 10.9. The second-order valence-electron chi connectivity index (χ2n) is 8.57. The second-order valence-corrected chi connectivity index (χ2v) is 9.00. The van der Waals surface area contributed by atoms with Crippen LogP contribution < -0.4 is 10.6 Å². The quantitative estimate of drug-likeness (QED) is 0.677. The molecular formula is C22H29ClN4O3. The molecule has 3 fully saturated rings. The van der Waals surface area contributed by atoms with Gasteiger partial charge in [0.25, 0.3) is 5.91 Å². The van der Waals surface area contributed by atoms with Gasteiger partial charge in [-0.3, -0.25) is 14.5 Å². The van der Waals surface area contributed by atoms with E-state index in [-0.39, 0.29) is 24.8 Å². The van der Waals surface area contributed by atoms with Gasteiger partial charge in [0.1, 0.15) is 6.04 Å². The Morgan fingerprint density at radius 2 is 2.00 bits per heavy atom. The molecule has 0 spiro atoms. The van der Waals surface area contributed by atoms with Gasteiger partial charge in [0, 0.05) is 17.6 Å². The summed E-state index contributed by atoms with van der Waals surface area (Å²) in [5.41, 5.74) is 0.769. The van der Waals surface area contributed by atoms with E-state index in [0.29, 0.717) is 23.5 Å². The topological polar surface area (TPSA) is 81.8 Å². The van der Waals surface area contributed by atoms with Crippen LogP contribution in [0.4, 0.5) is 4.79 Å². The number of nitrogens with zero attached hydrogens (tertiary/aromatic N) is 2. The summed E-state index contributed by atoms with van der Waals surface area (Å²) in [7, 11) is 0. The lowest BCUT2D eigenvalue weighted by atomic mass is 9.83. The van der Waals surface area contributed by atoms with Gasteiger partial charge in [0.15, 0.2) is 0 Å². The Balaban J connectivity index is 1.28. The van der Waals surface area contributed by atoms with Crippen molar-refractivity contribution in [3.05, 3.63) is 34.9 Å². The number of hydrogen-bond donors (Lipinski definition) is 2. The highest BCUT2D eigenvalue weighted by Gasteiger charge is 2.39. The molecule has 4 rings (SSSR count). The largest absolute Gasteiger partial charge is 0.356 e. The van der Waals surface area contributed by atoms with Crippen molar-refractivity contribution in [3.63, 3.8) is 0 Å². The van der Waals surface area contributed by atoms with Gasteiger partial charge in [0.2, 0.25) is 5.91 Å². The Kier molecular flexibility index (Phi) is 6.58. The molecule has 0 aliphatic carbocycles. The fraction of sp³-hybridized carbons (Fsp3) is 0.591. The minimum absolute atomic E-state index is 0.0300. The van der Waals surface area contributed by atoms with Crippen molar-refractivity contribution < 1.29 is 14.4 Å². The number of imide groups is 1. The molecule has 1 aromatic carbocycles. The Labute approximate surface area is 182 Å². The molecule has 7 nitrogen and oxygen atoms in total. The van der Waals surface area contributed by atoms with Gasteiger partial charge in [-0.2, -0.15) is 0 Å². The number of amides is 4. The lowest BCUT2D eigenvalue weighted by molar-refractivity contribution is -0.131. The van der Waals surface area contributed by atoms with Gasteiger partial charge in [0.05, 0.1) is 13.0 Å². The number of carbonyl (C=O) groups excluding carboxylic acids is 3. The highest BCUT2D eigenvalue weighted by Crippen LogP contribution is 2.30. The van der Waals surface area contributed by atoms with Crippen molar-refractivity contribution in [1.82, 2.24) is 20.4 Å². The van der Waals surface area contributed by atoms with Crippen molar-refractivity contribution in [2.45, 2.75) is 57.2 Å². The molecular weight excluding hydrogens is 404 g/mol. The van der Waals surface area contributed by atoms with Crippen LogP contribution in [0.5, 0.6) is 0 Å². The van der Waals surface area contributed by atoms with Crippen LogP contribution in [-0.4, -0.2) is 59.4 Å². The van der Waals surface area contributed by atoms with E-state index < -0.39 is 12.1 Å². The molecule has 1 aromatic rings. The molecule has 0 radical (unpaired) electrons. The van der Waals surface area contributed by atoms with Crippen molar-refractivity contribution >= 4 is 29.4 Å². The van der Waals surface area contributed by atoms with Crippen LogP contribution in [0.3, 0.4) is 0 Å². The molecule has 0 aromatic heterocycles. The van der Waals surface area contributed by atoms with E-state index in [1.165, 1.54) is 38.8 Å². The average Bonchev–Trinajstić information content (AvgIpc) is 2.99. The van der Waals surface area contributed by atoms with Crippen LogP contribution in [-0.2, 0) is 16.1 Å². The number of nitrogens with one attached hydrogen (secondary N) is 2. The van der Waals surface area contributed by atoms with E-state index in [1.54, 1.807) is 18.2 Å². The number of fused-ring (bicyclic) bond motifs is 1. The predicted octanol–water partition coefficient (Wildman–Crippen LogP) is 2.53. The van der Waals surface area contributed by atoms with Gasteiger partial charge in [-0.1, -0.05) is 30.2 Å². The SMILES string of the molecule is O=C(C[C@@H]1NC(=O)N(Cc2cccc(Cl)c2)C1=O)NC[C@@H]1CCCN2CCCC[C@@H]12. The summed E-state index contributed by atoms with van der Waals surface area (Å²) in [6.07, 6.45) is 6.01. The predicted molar refractivity (Wildman–Crippen MR) is 114 cm³/mol. The highest BCUT2D eigenvalue weighted by molar-refractivity contribution is 6.30. The van der Waals surface area contributed by atoms with E-state index in [2.05, 4.69) is 15.5 Å². The third-order valence-electron chi connectivity index (χ3n) is 6.52. The Hall–Kier alpha value is -2.12. The minimum Gasteiger partial charge on any atom is -0.356 e. The van der Waals surface area contributed by atoms with E-state index in [9.17, 15) is 14.4 Å². The zero-order valence-electron chi connectivity index (χ0n) is 17.1. The van der Waals surface area contributed by atoms with Crippen LogP contribution in [0.15, 0.2) is 24.3 Å². The van der Waals surface area contributed by atoms with E-state index in [4.69, 9.17) is 11.6 Å². The molecule has 8 heteroatoms. The zero-order valence-corrected chi connectivity index (χ0v) is 17.9. The lowest BCUT2D eigenvalue weighted by Crippen LogP contribution is -2.51. The van der Waals surface area contributed by atoms with Crippen LogP contribution in [0.25, 0.3) is 0 Å². The fourth-order valence-electron chi connectivity index (χ4n) is 5.00. The first kappa shape index (κ1) is 21.1. The lowest BCUT2D eigenvalue weighted by Gasteiger charge is -2.44. The summed E-state index contributed by atoms with van der Waals surface area (Å²) in [6, 6.07) is 6.33. The standard InChI is InChI=1S/C22H29ClN4O3/c23-17-7-3-5-15(11-17)14-27-21(29)18(25-22(27)30)12-20(28)24-13-16-6-4-10-26-9-2-1-8-19(16)26/h3,5,7,11,16,18-19H,1-2,4,6,8-10,12-14H2,(H,24,28)(H,25,30)/t16-,18-,19-/m0/s1. The number of benzene rings is 1. The van der Waals surface area contributed by atoms with E-state index in [0.717, 1.165) is 16.9 Å². The van der Waals surface area contributed by atoms with Crippen molar-refractivity contribution in [1.29, 1.82) is 0 Å². The smallest absolute Gasteiger partial charge is 0.325 e. The Morgan fingerprint density at radius 3 is 2.83 bits per heavy atom. The summed E-state index contributed by atoms with van der Waals surface area (Å²) >= 11 is 5.98. The number of piperidine rings is 2. The summed E-state index contributed by atoms with van der Waals surface area (Å²) in [5.74, 6) is -0.0892. The Morgan fingerprint density at radius 1 is 1.17 bits per heavy atom. The van der Waals surface area contributed by atoms with Gasteiger partial charge >= 0.3 is 6.03 Å². The average molecular weight is 433 g/mol. The highest BCUT2D eigenvalue weighted by atomic mass is 35.5. The maximum Gasteiger partial charge on any atom is 0.325 e. The van der Waals surface area contributed by atoms with Crippen LogP contribution in [0.2, 0.25) is 5.02 Å². The second kappa shape index (κ2) is 9.35. The zero-order chi connectivity index (χ0) is 21.1. The number of urea groups is 1. The molecule has 0 unspecified atom stereocenters. The molecule has 3 aliphatic rings. The molecule has 30 heavy (non-hydrogen) atoms. The van der Waals surface area contributed by atoms with Crippen molar-refractivity contribution in [2.24, 2.45) is 5.92 Å². The van der Waals surface area contributed by atoms with Crippen LogP contribution in [0.1, 0.15) is 44.1 Å². The summed E-state index contributed by atoms with van der Waals surface area (Å²) in [5, 5.41) is 6.20. The fourth-order valence-corrected chi connectivity index (χ4v) is 5.21. The number of hydrogen-bond acceptors (Lipinski definition) is 4. The van der Waals surface area contributed by atoms with E-state index in [1.807, 2.05) is 6.07 Å². The minimum atomic E-state index is -0.811. The van der Waals surface area contributed by atoms with Gasteiger partial charge in [-0.15, -0.1) is 0 Å². The van der Waals surface area contributed by atoms with Crippen LogP contribution in [0, 0.1) is 5.92 Å². The van der Waals surface area contributed by atoms with Gasteiger partial charge in [-0.25, -0.2) is 4.79 Å². The first-order chi connectivity index (χ1) is 14.5. The molecule has 0 saturated carbocycles. The Bertz CT molecular complexity index is 815. The molecule has 3 aliphatic heterocycles. The van der Waals surface area contributed by atoms with Gasteiger partial charge < -0.3 is 15.5 Å². The van der Waals surface area contributed by atoms with Gasteiger partial charge in [-0.05, 0) is 62.4 Å². The van der Waals surface area contributed by atoms with Crippen LogP contribution >= 0.6 is 11.6 Å². The summed E-state index contributed by atoms with van der Waals surface area (Å²) < 4.78 is 0. The molecule has 162 valence electrons. The van der Waals surface area contributed by atoms with Crippen molar-refractivity contribution in [2.75, 3.05) is 19.6 Å². The maximum atomic E-state index is 12.7. The van der Waals surface area contributed by atoms with E-state index >= 15 is 0 Å². The van der Waals surface area contributed by atoms with Crippen molar-refractivity contribution in [3.8, 4) is 0 Å². The number of rotatable bonds is 6. The molecule has 3 heterocycles. The molecule has 2 N–H and O–H groups in total. The number of halogens is 1. The third kappa shape index (κ3) is 4.78. The molecule has 3 saturated heterocycles. The molecule has 0 bridgehead atoms. The maximum absolute atomic E-state index is 12.7. The molecule has 4 amide bonds. The monoisotopic (exact) mass is 432 g/mol. The number of carbonyl (C=O) groups is 3. The third-order valence-corrected chi connectivity index (χ3v) is 6.75. The summed E-state index contributed by atoms with van der Waals surface area (Å²) in [4.78, 5) is 41.1. The molecule has 3 atom stereocenters.